The number of nitrogens with one attached hydrogen (secondary N) is 3. The molecule has 0 aliphatic carbocycles. The summed E-state index contributed by atoms with van der Waals surface area (Å²) >= 11 is 0. The fourth-order valence-electron chi connectivity index (χ4n) is 2.00. The van der Waals surface area contributed by atoms with Gasteiger partial charge in [0.2, 0.25) is 0 Å². The summed E-state index contributed by atoms with van der Waals surface area (Å²) in [5.74, 6) is 1.11. The average Bonchev–Trinajstić information content (AvgIpc) is 2.26. The lowest BCUT2D eigenvalue weighted by Gasteiger charge is -2.27. The summed E-state index contributed by atoms with van der Waals surface area (Å²) in [6.07, 6.45) is 2.27. The van der Waals surface area contributed by atoms with Crippen LogP contribution in [-0.2, 0) is 4.74 Å². The van der Waals surface area contributed by atoms with Crippen LogP contribution < -0.4 is 16.0 Å². The number of urea groups is 1. The fraction of sp³-hybridized carbons (Fsp3) is 0.909. The predicted octanol–water partition coefficient (Wildman–Crippen LogP) is -0.0684. The lowest BCUT2D eigenvalue weighted by molar-refractivity contribution is 0.0557. The Morgan fingerprint density at radius 3 is 2.56 bits per heavy atom. The van der Waals surface area contributed by atoms with Gasteiger partial charge in [-0.25, -0.2) is 4.79 Å². The van der Waals surface area contributed by atoms with E-state index < -0.39 is 0 Å². The quantitative estimate of drug-likeness (QED) is 0.630. The van der Waals surface area contributed by atoms with Gasteiger partial charge in [0.25, 0.3) is 0 Å². The van der Waals surface area contributed by atoms with Crippen molar-refractivity contribution in [3.05, 3.63) is 0 Å². The third-order valence-electron chi connectivity index (χ3n) is 3.22. The largest absolute Gasteiger partial charge is 0.381 e. The van der Waals surface area contributed by atoms with Crippen LogP contribution in [0, 0.1) is 11.8 Å². The van der Waals surface area contributed by atoms with Gasteiger partial charge in [0, 0.05) is 38.7 Å². The van der Waals surface area contributed by atoms with Gasteiger partial charge in [-0.1, -0.05) is 0 Å². The van der Waals surface area contributed by atoms with E-state index in [1.165, 1.54) is 0 Å². The summed E-state index contributed by atoms with van der Waals surface area (Å²) in [5.41, 5.74) is 0. The Morgan fingerprint density at radius 1 is 1.25 bits per heavy atom. The van der Waals surface area contributed by atoms with Gasteiger partial charge < -0.3 is 20.7 Å². The van der Waals surface area contributed by atoms with Crippen LogP contribution in [0.4, 0.5) is 4.79 Å². The first-order valence-electron chi connectivity index (χ1n) is 6.15. The first-order chi connectivity index (χ1) is 7.84. The van der Waals surface area contributed by atoms with Gasteiger partial charge in [0.1, 0.15) is 0 Å². The number of hydrogen-bond donors (Lipinski definition) is 3. The standard InChI is InChI=1S/C11H21N3O2/c15-11(14-7-10-4-12-5-10)13-6-9-2-1-3-16-8-9/h9-10,12H,1-8H2,(H2,13,14,15). The Kier molecular flexibility index (Phi) is 4.42. The van der Waals surface area contributed by atoms with E-state index in [9.17, 15) is 4.79 Å². The van der Waals surface area contributed by atoms with E-state index in [4.69, 9.17) is 4.74 Å². The molecule has 2 aliphatic rings. The van der Waals surface area contributed by atoms with Crippen molar-refractivity contribution in [1.29, 1.82) is 0 Å². The summed E-state index contributed by atoms with van der Waals surface area (Å²) in [6.45, 7) is 5.21. The minimum absolute atomic E-state index is 0.0440. The third-order valence-corrected chi connectivity index (χ3v) is 3.22. The zero-order chi connectivity index (χ0) is 11.2. The number of ether oxygens (including phenoxy) is 1. The summed E-state index contributed by atoms with van der Waals surface area (Å²) in [7, 11) is 0. The molecule has 2 saturated heterocycles. The number of rotatable bonds is 4. The molecule has 0 bridgehead atoms. The summed E-state index contributed by atoms with van der Waals surface area (Å²) in [5, 5.41) is 8.98. The van der Waals surface area contributed by atoms with E-state index in [-0.39, 0.29) is 6.03 Å². The second-order valence-electron chi connectivity index (χ2n) is 4.70. The van der Waals surface area contributed by atoms with E-state index in [0.717, 1.165) is 52.2 Å². The number of amides is 2. The van der Waals surface area contributed by atoms with E-state index >= 15 is 0 Å². The van der Waals surface area contributed by atoms with E-state index in [1.807, 2.05) is 0 Å². The zero-order valence-corrected chi connectivity index (χ0v) is 9.63. The van der Waals surface area contributed by atoms with Crippen molar-refractivity contribution in [2.45, 2.75) is 12.8 Å². The van der Waals surface area contributed by atoms with Crippen LogP contribution >= 0.6 is 0 Å². The topological polar surface area (TPSA) is 62.4 Å². The maximum atomic E-state index is 11.4. The first-order valence-corrected chi connectivity index (χ1v) is 6.15. The molecule has 0 radical (unpaired) electrons. The minimum Gasteiger partial charge on any atom is -0.381 e. The highest BCUT2D eigenvalue weighted by Gasteiger charge is 2.18. The van der Waals surface area contributed by atoms with Crippen LogP contribution in [-0.4, -0.2) is 45.4 Å². The molecule has 2 rings (SSSR count). The van der Waals surface area contributed by atoms with Gasteiger partial charge in [-0.3, -0.25) is 0 Å². The lowest BCUT2D eigenvalue weighted by atomic mass is 10.0. The molecule has 3 N–H and O–H groups in total. The van der Waals surface area contributed by atoms with Crippen LogP contribution in [0.5, 0.6) is 0 Å². The van der Waals surface area contributed by atoms with Crippen molar-refractivity contribution in [3.63, 3.8) is 0 Å². The summed E-state index contributed by atoms with van der Waals surface area (Å²) in [4.78, 5) is 11.4. The van der Waals surface area contributed by atoms with Gasteiger partial charge in [0.05, 0.1) is 6.61 Å². The molecular weight excluding hydrogens is 206 g/mol. The predicted molar refractivity (Wildman–Crippen MR) is 61.3 cm³/mol. The van der Waals surface area contributed by atoms with Crippen LogP contribution in [0.1, 0.15) is 12.8 Å². The maximum Gasteiger partial charge on any atom is 0.314 e. The molecule has 2 heterocycles. The Bertz CT molecular complexity index is 225. The molecule has 0 aromatic carbocycles. The normalized spacial score (nSPS) is 25.9. The molecule has 0 aromatic heterocycles. The van der Waals surface area contributed by atoms with Gasteiger partial charge in [-0.15, -0.1) is 0 Å². The van der Waals surface area contributed by atoms with Gasteiger partial charge in [-0.05, 0) is 18.8 Å². The molecule has 2 amide bonds. The van der Waals surface area contributed by atoms with Crippen LogP contribution in [0.2, 0.25) is 0 Å². The molecular formula is C11H21N3O2. The Hall–Kier alpha value is -0.810. The zero-order valence-electron chi connectivity index (χ0n) is 9.63. The Balaban J connectivity index is 1.52. The highest BCUT2D eigenvalue weighted by Crippen LogP contribution is 2.11. The molecule has 1 unspecified atom stereocenters. The number of carbonyl (C=O) groups excluding carboxylic acids is 1. The molecule has 2 fully saturated rings. The molecule has 5 nitrogen and oxygen atoms in total. The van der Waals surface area contributed by atoms with E-state index in [1.54, 1.807) is 0 Å². The van der Waals surface area contributed by atoms with Gasteiger partial charge >= 0.3 is 6.03 Å². The fourth-order valence-corrected chi connectivity index (χ4v) is 2.00. The average molecular weight is 227 g/mol. The molecule has 0 spiro atoms. The molecule has 1 atom stereocenters. The Morgan fingerprint density at radius 2 is 2.00 bits per heavy atom. The van der Waals surface area contributed by atoms with Crippen molar-refractivity contribution in [2.75, 3.05) is 39.4 Å². The molecule has 92 valence electrons. The second kappa shape index (κ2) is 6.06. The van der Waals surface area contributed by atoms with E-state index in [2.05, 4.69) is 16.0 Å². The van der Waals surface area contributed by atoms with Crippen molar-refractivity contribution < 1.29 is 9.53 Å². The SMILES string of the molecule is O=C(NCC1CNC1)NCC1CCCOC1. The van der Waals surface area contributed by atoms with Gasteiger partial charge in [-0.2, -0.15) is 0 Å². The Labute approximate surface area is 96.3 Å². The molecule has 2 aliphatic heterocycles. The monoisotopic (exact) mass is 227 g/mol. The maximum absolute atomic E-state index is 11.4. The van der Waals surface area contributed by atoms with Crippen molar-refractivity contribution in [2.24, 2.45) is 11.8 Å². The summed E-state index contributed by atoms with van der Waals surface area (Å²) in [6, 6.07) is -0.0440. The van der Waals surface area contributed by atoms with Crippen LogP contribution in [0.15, 0.2) is 0 Å². The molecule has 5 heteroatoms. The minimum atomic E-state index is -0.0440. The smallest absolute Gasteiger partial charge is 0.314 e. The number of carbonyl (C=O) groups is 1. The highest BCUT2D eigenvalue weighted by molar-refractivity contribution is 5.73. The van der Waals surface area contributed by atoms with Crippen LogP contribution in [0.25, 0.3) is 0 Å². The number of hydrogen-bond acceptors (Lipinski definition) is 3. The van der Waals surface area contributed by atoms with Crippen molar-refractivity contribution in [3.8, 4) is 0 Å². The van der Waals surface area contributed by atoms with Crippen LogP contribution in [0.3, 0.4) is 0 Å². The lowest BCUT2D eigenvalue weighted by Crippen LogP contribution is -2.50. The first kappa shape index (κ1) is 11.7. The highest BCUT2D eigenvalue weighted by atomic mass is 16.5. The van der Waals surface area contributed by atoms with Crippen molar-refractivity contribution >= 4 is 6.03 Å². The van der Waals surface area contributed by atoms with Crippen molar-refractivity contribution in [1.82, 2.24) is 16.0 Å². The molecule has 0 saturated carbocycles. The molecule has 16 heavy (non-hydrogen) atoms. The second-order valence-corrected chi connectivity index (χ2v) is 4.70. The molecule has 0 aromatic rings. The van der Waals surface area contributed by atoms with E-state index in [0.29, 0.717) is 11.8 Å². The summed E-state index contributed by atoms with van der Waals surface area (Å²) < 4.78 is 5.36. The third kappa shape index (κ3) is 3.64. The van der Waals surface area contributed by atoms with Gasteiger partial charge in [0.15, 0.2) is 0 Å².